The van der Waals surface area contributed by atoms with Gasteiger partial charge >= 0.3 is 0 Å². The topological polar surface area (TPSA) is 123 Å². The highest BCUT2D eigenvalue weighted by atomic mass is 32.2. The summed E-state index contributed by atoms with van der Waals surface area (Å²) < 4.78 is 32.1. The van der Waals surface area contributed by atoms with Crippen LogP contribution in [0.2, 0.25) is 0 Å². The Morgan fingerprint density at radius 1 is 1.32 bits per heavy atom. The van der Waals surface area contributed by atoms with E-state index in [4.69, 9.17) is 0 Å². The molecule has 106 valence electrons. The second kappa shape index (κ2) is 7.03. The fourth-order valence-corrected chi connectivity index (χ4v) is 1.76. The van der Waals surface area contributed by atoms with Gasteiger partial charge in [0.15, 0.2) is 0 Å². The molecule has 6 nitrogen and oxygen atoms in total. The minimum atomic E-state index is -4.40. The van der Waals surface area contributed by atoms with Crippen LogP contribution in [0.4, 0.5) is 0 Å². The number of carbonyl (C=O) groups is 1. The summed E-state index contributed by atoms with van der Waals surface area (Å²) in [6.07, 6.45) is 0.554. The molecule has 19 heavy (non-hydrogen) atoms. The van der Waals surface area contributed by atoms with Crippen molar-refractivity contribution in [2.75, 3.05) is 6.54 Å². The Labute approximate surface area is 112 Å². The van der Waals surface area contributed by atoms with Gasteiger partial charge in [0.05, 0.1) is 4.90 Å². The Bertz CT molecular complexity index is 550. The lowest BCUT2D eigenvalue weighted by Gasteiger charge is -2.08. The van der Waals surface area contributed by atoms with Crippen molar-refractivity contribution in [3.8, 4) is 0 Å². The van der Waals surface area contributed by atoms with Crippen LogP contribution in [0.1, 0.15) is 12.5 Å². The normalized spacial score (nSPS) is 10.4. The van der Waals surface area contributed by atoms with Crippen LogP contribution in [0.3, 0.4) is 0 Å². The van der Waals surface area contributed by atoms with Gasteiger partial charge in [-0.05, 0) is 31.0 Å². The number of benzene rings is 1. The van der Waals surface area contributed by atoms with Crippen molar-refractivity contribution in [3.63, 3.8) is 0 Å². The van der Waals surface area contributed by atoms with Crippen LogP contribution in [0.5, 0.6) is 0 Å². The molecule has 1 amide bonds. The lowest BCUT2D eigenvalue weighted by Crippen LogP contribution is -2.25. The molecule has 0 radical (unpaired) electrons. The summed E-state index contributed by atoms with van der Waals surface area (Å²) in [7, 11) is -4.40. The first kappa shape index (κ1) is 17.3. The Kier molecular flexibility index (Phi) is 6.40. The third kappa shape index (κ3) is 5.64. The molecule has 1 aromatic carbocycles. The molecule has 0 heterocycles. The quantitative estimate of drug-likeness (QED) is 0.623. The molecule has 7 heteroatoms. The zero-order chi connectivity index (χ0) is 13.8. The van der Waals surface area contributed by atoms with Crippen LogP contribution in [-0.4, -0.2) is 25.4 Å². The molecule has 5 N–H and O–H groups in total. The highest BCUT2D eigenvalue weighted by Gasteiger charge is 2.02. The lowest BCUT2D eigenvalue weighted by molar-refractivity contribution is -0.117. The first-order chi connectivity index (χ1) is 8.30. The average Bonchev–Trinajstić information content (AvgIpc) is 2.28. The number of carbonyl (C=O) groups excluding carboxylic acids is 1. The van der Waals surface area contributed by atoms with Gasteiger partial charge in [-0.3, -0.25) is 4.79 Å². The largest absolute Gasteiger partial charge is 0.744 e. The summed E-state index contributed by atoms with van der Waals surface area (Å²) in [6.45, 7) is 5.55. The SMILES string of the molecule is C=C(C)C(=O)NCCc1ccc(S(=O)(=O)[O-])cc1.[NH4+]. The number of quaternary nitrogens is 1. The van der Waals surface area contributed by atoms with Gasteiger partial charge in [-0.2, -0.15) is 0 Å². The van der Waals surface area contributed by atoms with Crippen LogP contribution in [-0.2, 0) is 21.3 Å². The summed E-state index contributed by atoms with van der Waals surface area (Å²) >= 11 is 0. The maximum Gasteiger partial charge on any atom is 0.246 e. The average molecular weight is 286 g/mol. The smallest absolute Gasteiger partial charge is 0.246 e. The molecule has 0 saturated carbocycles. The molecule has 0 aliphatic rings. The van der Waals surface area contributed by atoms with E-state index < -0.39 is 10.1 Å². The van der Waals surface area contributed by atoms with Crippen LogP contribution in [0.15, 0.2) is 41.3 Å². The molecule has 1 rings (SSSR count). The molecule has 0 atom stereocenters. The molecule has 0 fully saturated rings. The Balaban J connectivity index is 0.00000324. The predicted molar refractivity (Wildman–Crippen MR) is 71.9 cm³/mol. The van der Waals surface area contributed by atoms with E-state index in [1.54, 1.807) is 19.1 Å². The summed E-state index contributed by atoms with van der Waals surface area (Å²) in [5, 5.41) is 2.66. The maximum absolute atomic E-state index is 11.2. The summed E-state index contributed by atoms with van der Waals surface area (Å²) in [4.78, 5) is 10.9. The Morgan fingerprint density at radius 2 is 1.84 bits per heavy atom. The number of hydrogen-bond donors (Lipinski definition) is 2. The fourth-order valence-electron chi connectivity index (χ4n) is 1.29. The first-order valence-electron chi connectivity index (χ1n) is 5.29. The minimum absolute atomic E-state index is 0. The zero-order valence-corrected chi connectivity index (χ0v) is 11.8. The number of hydrogen-bond acceptors (Lipinski definition) is 4. The van der Waals surface area contributed by atoms with Gasteiger partial charge in [0, 0.05) is 12.1 Å². The number of amides is 1. The fraction of sp³-hybridized carbons (Fsp3) is 0.250. The maximum atomic E-state index is 11.2. The van der Waals surface area contributed by atoms with Gasteiger partial charge in [0.2, 0.25) is 5.91 Å². The molecule has 0 bridgehead atoms. The molecule has 0 aliphatic heterocycles. The first-order valence-corrected chi connectivity index (χ1v) is 6.70. The molecule has 0 aliphatic carbocycles. The van der Waals surface area contributed by atoms with Gasteiger partial charge in [0.1, 0.15) is 10.1 Å². The number of rotatable bonds is 5. The van der Waals surface area contributed by atoms with E-state index in [1.807, 2.05) is 0 Å². The Hall–Kier alpha value is -1.70. The van der Waals surface area contributed by atoms with E-state index in [9.17, 15) is 17.8 Å². The van der Waals surface area contributed by atoms with E-state index >= 15 is 0 Å². The third-order valence-corrected chi connectivity index (χ3v) is 3.15. The van der Waals surface area contributed by atoms with Gasteiger partial charge in [-0.15, -0.1) is 0 Å². The van der Waals surface area contributed by atoms with Gasteiger partial charge in [0.25, 0.3) is 0 Å². The molecule has 0 spiro atoms. The standard InChI is InChI=1S/C12H15NO4S.H3N/c1-9(2)12(14)13-8-7-10-3-5-11(6-4-10)18(15,16)17;/h3-6H,1,7-8H2,2H3,(H,13,14)(H,15,16,17);1H3. The van der Waals surface area contributed by atoms with E-state index in [0.29, 0.717) is 18.5 Å². The summed E-state index contributed by atoms with van der Waals surface area (Å²) in [5.74, 6) is -0.214. The minimum Gasteiger partial charge on any atom is -0.744 e. The van der Waals surface area contributed by atoms with Crippen LogP contribution in [0.25, 0.3) is 0 Å². The van der Waals surface area contributed by atoms with Crippen LogP contribution in [0, 0.1) is 0 Å². The third-order valence-electron chi connectivity index (χ3n) is 2.30. The van der Waals surface area contributed by atoms with E-state index in [-0.39, 0.29) is 17.0 Å². The van der Waals surface area contributed by atoms with Gasteiger partial charge in [-0.1, -0.05) is 18.7 Å². The van der Waals surface area contributed by atoms with E-state index in [1.165, 1.54) is 12.1 Å². The van der Waals surface area contributed by atoms with Crippen molar-refractivity contribution < 1.29 is 17.8 Å². The summed E-state index contributed by atoms with van der Waals surface area (Å²) in [6, 6.07) is 5.63. The van der Waals surface area contributed by atoms with E-state index in [2.05, 4.69) is 11.9 Å². The molecule has 0 aromatic heterocycles. The monoisotopic (exact) mass is 286 g/mol. The zero-order valence-electron chi connectivity index (χ0n) is 11.0. The van der Waals surface area contributed by atoms with Crippen molar-refractivity contribution in [3.05, 3.63) is 42.0 Å². The van der Waals surface area contributed by atoms with Crippen molar-refractivity contribution in [1.29, 1.82) is 0 Å². The highest BCUT2D eigenvalue weighted by Crippen LogP contribution is 2.10. The molecule has 0 unspecified atom stereocenters. The van der Waals surface area contributed by atoms with Crippen molar-refractivity contribution >= 4 is 16.0 Å². The van der Waals surface area contributed by atoms with Crippen molar-refractivity contribution in [1.82, 2.24) is 11.5 Å². The molecule has 1 aromatic rings. The predicted octanol–water partition coefficient (Wildman–Crippen LogP) is 1.20. The second-order valence-corrected chi connectivity index (χ2v) is 5.26. The highest BCUT2D eigenvalue weighted by molar-refractivity contribution is 7.85. The molecular formula is C12H18N2O4S. The van der Waals surface area contributed by atoms with E-state index in [0.717, 1.165) is 5.56 Å². The lowest BCUT2D eigenvalue weighted by atomic mass is 10.1. The van der Waals surface area contributed by atoms with Crippen molar-refractivity contribution in [2.24, 2.45) is 0 Å². The van der Waals surface area contributed by atoms with Gasteiger partial charge in [-0.25, -0.2) is 8.42 Å². The Morgan fingerprint density at radius 3 is 2.26 bits per heavy atom. The van der Waals surface area contributed by atoms with Gasteiger partial charge < -0.3 is 16.0 Å². The van der Waals surface area contributed by atoms with Crippen LogP contribution < -0.4 is 11.5 Å². The summed E-state index contributed by atoms with van der Waals surface area (Å²) in [5.41, 5.74) is 1.27. The van der Waals surface area contributed by atoms with Crippen LogP contribution >= 0.6 is 0 Å². The number of nitrogens with one attached hydrogen (secondary N) is 1. The molecule has 0 saturated heterocycles. The van der Waals surface area contributed by atoms with Crippen molar-refractivity contribution in [2.45, 2.75) is 18.2 Å². The molecular weight excluding hydrogens is 268 g/mol. The second-order valence-electron chi connectivity index (χ2n) is 3.88.